The van der Waals surface area contributed by atoms with Gasteiger partial charge in [0, 0.05) is 17.1 Å². The first-order valence-electron chi connectivity index (χ1n) is 11.3. The summed E-state index contributed by atoms with van der Waals surface area (Å²) in [4.78, 5) is 15.5. The van der Waals surface area contributed by atoms with E-state index in [1.165, 1.54) is 12.1 Å². The first-order valence-corrected chi connectivity index (χ1v) is 12.1. The molecule has 2 aromatic carbocycles. The quantitative estimate of drug-likeness (QED) is 0.428. The van der Waals surface area contributed by atoms with E-state index in [4.69, 9.17) is 27.7 Å². The van der Waals surface area contributed by atoms with Crippen molar-refractivity contribution >= 4 is 29.1 Å². The lowest BCUT2D eigenvalue weighted by Gasteiger charge is -2.45. The number of likely N-dealkylation sites (N-methyl/N-ethyl adjacent to an activating group) is 1. The van der Waals surface area contributed by atoms with Crippen LogP contribution in [0.15, 0.2) is 47.0 Å². The molecule has 34 heavy (non-hydrogen) atoms. The molecule has 3 aromatic rings. The van der Waals surface area contributed by atoms with Crippen molar-refractivity contribution in [2.24, 2.45) is 0 Å². The maximum absolute atomic E-state index is 13.3. The number of carbonyl (C=O) groups excluding carboxylic acids is 1. The topological polar surface area (TPSA) is 58.4 Å². The molecule has 5 nitrogen and oxygen atoms in total. The third-order valence-electron chi connectivity index (χ3n) is 6.94. The monoisotopic (exact) mass is 503 g/mol. The lowest BCUT2D eigenvalue weighted by molar-refractivity contribution is 0.0769. The molecule has 0 bridgehead atoms. The van der Waals surface area contributed by atoms with Crippen LogP contribution in [0.5, 0.6) is 0 Å². The van der Waals surface area contributed by atoms with Crippen molar-refractivity contribution < 1.29 is 13.7 Å². The van der Waals surface area contributed by atoms with Crippen molar-refractivity contribution in [3.05, 3.63) is 75.2 Å². The molecule has 0 saturated heterocycles. The van der Waals surface area contributed by atoms with Crippen LogP contribution in [-0.2, 0) is 6.42 Å². The third-order valence-corrected chi connectivity index (χ3v) is 7.57. The predicted octanol–water partition coefficient (Wildman–Crippen LogP) is 6.31. The number of hydrogen-bond acceptors (Lipinski definition) is 4. The van der Waals surface area contributed by atoms with E-state index in [2.05, 4.69) is 29.5 Å². The van der Waals surface area contributed by atoms with E-state index in [1.54, 1.807) is 25.1 Å². The smallest absolute Gasteiger partial charge is 0.257 e. The second-order valence-corrected chi connectivity index (χ2v) is 10.0. The summed E-state index contributed by atoms with van der Waals surface area (Å²) < 4.78 is 18.7. The molecule has 0 spiro atoms. The number of rotatable bonds is 6. The van der Waals surface area contributed by atoms with Crippen LogP contribution in [0.25, 0.3) is 11.3 Å². The van der Waals surface area contributed by atoms with Crippen molar-refractivity contribution in [1.29, 1.82) is 0 Å². The summed E-state index contributed by atoms with van der Waals surface area (Å²) in [6, 6.07) is 11.9. The van der Waals surface area contributed by atoms with Gasteiger partial charge >= 0.3 is 0 Å². The van der Waals surface area contributed by atoms with Gasteiger partial charge in [-0.3, -0.25) is 4.79 Å². The average molecular weight is 504 g/mol. The number of carbonyl (C=O) groups is 1. The van der Waals surface area contributed by atoms with E-state index in [1.807, 2.05) is 12.1 Å². The van der Waals surface area contributed by atoms with Gasteiger partial charge in [-0.25, -0.2) is 4.39 Å². The molecule has 1 saturated carbocycles. The molecule has 0 atom stereocenters. The highest BCUT2D eigenvalue weighted by molar-refractivity contribution is 6.39. The van der Waals surface area contributed by atoms with E-state index < -0.39 is 0 Å². The highest BCUT2D eigenvalue weighted by Gasteiger charge is 2.38. The average Bonchev–Trinajstić information content (AvgIpc) is 3.17. The Kier molecular flexibility index (Phi) is 7.31. The van der Waals surface area contributed by atoms with Crippen LogP contribution in [0, 0.1) is 12.7 Å². The number of amides is 1. The maximum Gasteiger partial charge on any atom is 0.257 e. The SMILES string of the molecule is Cc1onc(-c2c(Cl)cccc2Cl)c1C(=O)NC1CCC(Cc2ccc(F)cc2)(N(C)C)CC1. The molecule has 1 N–H and O–H groups in total. The van der Waals surface area contributed by atoms with Crippen LogP contribution >= 0.6 is 23.2 Å². The number of aryl methyl sites for hydroxylation is 1. The number of hydrogen-bond donors (Lipinski definition) is 1. The van der Waals surface area contributed by atoms with Gasteiger partial charge < -0.3 is 14.7 Å². The molecule has 8 heteroatoms. The number of nitrogens with one attached hydrogen (secondary N) is 1. The summed E-state index contributed by atoms with van der Waals surface area (Å²) >= 11 is 12.7. The van der Waals surface area contributed by atoms with Crippen LogP contribution in [0.4, 0.5) is 4.39 Å². The summed E-state index contributed by atoms with van der Waals surface area (Å²) in [6.07, 6.45) is 4.32. The van der Waals surface area contributed by atoms with Crippen LogP contribution in [0.1, 0.15) is 47.4 Å². The predicted molar refractivity (Wildman–Crippen MR) is 133 cm³/mol. The lowest BCUT2D eigenvalue weighted by atomic mass is 9.74. The van der Waals surface area contributed by atoms with Gasteiger partial charge in [0.25, 0.3) is 5.91 Å². The number of nitrogens with zero attached hydrogens (tertiary/aromatic N) is 2. The fourth-order valence-corrected chi connectivity index (χ4v) is 5.43. The highest BCUT2D eigenvalue weighted by Crippen LogP contribution is 2.38. The zero-order valence-electron chi connectivity index (χ0n) is 19.5. The summed E-state index contributed by atoms with van der Waals surface area (Å²) in [6.45, 7) is 1.71. The summed E-state index contributed by atoms with van der Waals surface area (Å²) in [5.41, 5.74) is 2.26. The minimum absolute atomic E-state index is 0.0256. The molecule has 180 valence electrons. The van der Waals surface area contributed by atoms with Gasteiger partial charge in [0.1, 0.15) is 22.8 Å². The van der Waals surface area contributed by atoms with Crippen molar-refractivity contribution in [1.82, 2.24) is 15.4 Å². The van der Waals surface area contributed by atoms with Gasteiger partial charge in [0.2, 0.25) is 0 Å². The molecular weight excluding hydrogens is 476 g/mol. The second-order valence-electron chi connectivity index (χ2n) is 9.23. The van der Waals surface area contributed by atoms with Crippen LogP contribution in [-0.4, -0.2) is 41.6 Å². The second kappa shape index (κ2) is 10.1. The Balaban J connectivity index is 1.48. The fourth-order valence-electron chi connectivity index (χ4n) is 4.86. The van der Waals surface area contributed by atoms with Crippen molar-refractivity contribution in [3.63, 3.8) is 0 Å². The molecule has 1 aliphatic carbocycles. The highest BCUT2D eigenvalue weighted by atomic mass is 35.5. The first kappa shape index (κ1) is 24.7. The van der Waals surface area contributed by atoms with E-state index in [0.717, 1.165) is 37.7 Å². The summed E-state index contributed by atoms with van der Waals surface area (Å²) in [5, 5.41) is 8.06. The van der Waals surface area contributed by atoms with E-state index >= 15 is 0 Å². The van der Waals surface area contributed by atoms with E-state index in [9.17, 15) is 9.18 Å². The molecule has 1 amide bonds. The van der Waals surface area contributed by atoms with Gasteiger partial charge in [0.15, 0.2) is 0 Å². The molecule has 1 aromatic heterocycles. The Morgan fingerprint density at radius 1 is 1.15 bits per heavy atom. The van der Waals surface area contributed by atoms with Crippen molar-refractivity contribution in [3.8, 4) is 11.3 Å². The van der Waals surface area contributed by atoms with Gasteiger partial charge in [-0.15, -0.1) is 0 Å². The largest absolute Gasteiger partial charge is 0.360 e. The van der Waals surface area contributed by atoms with Gasteiger partial charge in [0.05, 0.1) is 10.0 Å². The molecule has 0 radical (unpaired) electrons. The van der Waals surface area contributed by atoms with E-state index in [0.29, 0.717) is 32.6 Å². The Labute approximate surface area is 209 Å². The normalized spacial score (nSPS) is 20.5. The zero-order valence-corrected chi connectivity index (χ0v) is 21.0. The zero-order chi connectivity index (χ0) is 24.5. The molecule has 0 aliphatic heterocycles. The number of aromatic nitrogens is 1. The van der Waals surface area contributed by atoms with Gasteiger partial charge in [-0.05, 0) is 83.0 Å². The Hall–Kier alpha value is -2.41. The molecular formula is C26H28Cl2FN3O2. The summed E-state index contributed by atoms with van der Waals surface area (Å²) in [5.74, 6) is -0.0561. The number of halogens is 3. The van der Waals surface area contributed by atoms with Gasteiger partial charge in [-0.1, -0.05) is 46.6 Å². The standard InChI is InChI=1S/C26H28Cl2FN3O2/c1-16-22(24(31-34-16)23-20(27)5-4-6-21(23)28)25(33)30-19-11-13-26(14-12-19,32(2)3)15-17-7-9-18(29)10-8-17/h4-10,19H,11-15H2,1-3H3,(H,30,33). The minimum Gasteiger partial charge on any atom is -0.360 e. The summed E-state index contributed by atoms with van der Waals surface area (Å²) in [7, 11) is 4.17. The Morgan fingerprint density at radius 2 is 1.76 bits per heavy atom. The van der Waals surface area contributed by atoms with Crippen molar-refractivity contribution in [2.45, 2.75) is 50.6 Å². The maximum atomic E-state index is 13.3. The van der Waals surface area contributed by atoms with Crippen molar-refractivity contribution in [2.75, 3.05) is 14.1 Å². The van der Waals surface area contributed by atoms with E-state index in [-0.39, 0.29) is 23.3 Å². The first-order chi connectivity index (χ1) is 16.2. The Bertz CT molecular complexity index is 1150. The van der Waals surface area contributed by atoms with Gasteiger partial charge in [-0.2, -0.15) is 0 Å². The molecule has 4 rings (SSSR count). The fraction of sp³-hybridized carbons (Fsp3) is 0.385. The minimum atomic E-state index is -0.245. The molecule has 0 unspecified atom stereocenters. The molecule has 1 aliphatic rings. The Morgan fingerprint density at radius 3 is 2.35 bits per heavy atom. The molecule has 1 fully saturated rings. The van der Waals surface area contributed by atoms with Crippen LogP contribution < -0.4 is 5.32 Å². The lowest BCUT2D eigenvalue weighted by Crippen LogP contribution is -2.52. The van der Waals surface area contributed by atoms with Crippen LogP contribution in [0.2, 0.25) is 10.0 Å². The van der Waals surface area contributed by atoms with Crippen LogP contribution in [0.3, 0.4) is 0 Å². The third kappa shape index (κ3) is 4.99. The molecule has 1 heterocycles. The number of benzene rings is 2.